The van der Waals surface area contributed by atoms with Gasteiger partial charge in [0.15, 0.2) is 0 Å². The van der Waals surface area contributed by atoms with E-state index in [1.165, 1.54) is 4.31 Å². The summed E-state index contributed by atoms with van der Waals surface area (Å²) in [6.07, 6.45) is 0.970. The number of rotatable bonds is 4. The van der Waals surface area contributed by atoms with Crippen LogP contribution < -0.4 is 5.32 Å². The Labute approximate surface area is 143 Å². The van der Waals surface area contributed by atoms with Crippen molar-refractivity contribution in [3.05, 3.63) is 16.0 Å². The van der Waals surface area contributed by atoms with Crippen LogP contribution in [0.1, 0.15) is 33.6 Å². The summed E-state index contributed by atoms with van der Waals surface area (Å²) in [5, 5.41) is 21.6. The van der Waals surface area contributed by atoms with Gasteiger partial charge in [-0.1, -0.05) is 0 Å². The van der Waals surface area contributed by atoms with Crippen LogP contribution in [0, 0.1) is 5.92 Å². The summed E-state index contributed by atoms with van der Waals surface area (Å²) in [5.41, 5.74) is 0.488. The lowest BCUT2D eigenvalue weighted by atomic mass is 9.99. The number of thiophene rings is 1. The molecule has 1 fully saturated rings. The van der Waals surface area contributed by atoms with E-state index in [1.807, 2.05) is 0 Å². The number of aromatic carboxylic acids is 1. The predicted octanol–water partition coefficient (Wildman–Crippen LogP) is 0.577. The van der Waals surface area contributed by atoms with Gasteiger partial charge in [0.2, 0.25) is 0 Å². The van der Waals surface area contributed by atoms with Crippen LogP contribution in [0.4, 0.5) is 0 Å². The Kier molecular flexibility index (Phi) is 4.65. The van der Waals surface area contributed by atoms with Crippen LogP contribution in [0.5, 0.6) is 0 Å². The quantitative estimate of drug-likeness (QED) is 0.704. The minimum atomic E-state index is -3.93. The molecule has 1 saturated heterocycles. The van der Waals surface area contributed by atoms with Crippen LogP contribution in [0.2, 0.25) is 0 Å². The first kappa shape index (κ1) is 17.3. The van der Waals surface area contributed by atoms with Gasteiger partial charge < -0.3 is 15.5 Å². The second-order valence-corrected chi connectivity index (χ2v) is 9.15. The van der Waals surface area contributed by atoms with Gasteiger partial charge in [-0.15, -0.1) is 11.3 Å². The maximum Gasteiger partial charge on any atom is 0.338 e. The Hall–Kier alpha value is -1.49. The van der Waals surface area contributed by atoms with E-state index < -0.39 is 27.9 Å². The minimum absolute atomic E-state index is 0.0964. The summed E-state index contributed by atoms with van der Waals surface area (Å²) in [6.45, 7) is 1.28. The molecule has 3 heterocycles. The maximum absolute atomic E-state index is 12.9. The fraction of sp³-hybridized carbons (Fsp3) is 0.571. The van der Waals surface area contributed by atoms with E-state index in [9.17, 15) is 23.1 Å². The monoisotopic (exact) mass is 374 g/mol. The molecule has 132 valence electrons. The zero-order valence-corrected chi connectivity index (χ0v) is 14.5. The zero-order chi connectivity index (χ0) is 17.5. The summed E-state index contributed by atoms with van der Waals surface area (Å²) in [7, 11) is -3.93. The number of nitrogens with zero attached hydrogens (tertiary/aromatic N) is 1. The second kappa shape index (κ2) is 6.43. The minimum Gasteiger partial charge on any atom is -0.481 e. The van der Waals surface area contributed by atoms with Crippen LogP contribution in [0.3, 0.4) is 0 Å². The van der Waals surface area contributed by atoms with Crippen molar-refractivity contribution in [2.75, 3.05) is 19.6 Å². The zero-order valence-electron chi connectivity index (χ0n) is 12.8. The molecule has 2 aliphatic heterocycles. The van der Waals surface area contributed by atoms with Gasteiger partial charge in [0.25, 0.3) is 10.0 Å². The molecule has 10 heteroatoms. The third kappa shape index (κ3) is 2.94. The summed E-state index contributed by atoms with van der Waals surface area (Å²) < 4.78 is 26.9. The molecule has 0 aromatic carbocycles. The molecule has 0 radical (unpaired) electrons. The summed E-state index contributed by atoms with van der Waals surface area (Å²) in [4.78, 5) is 23.4. The van der Waals surface area contributed by atoms with Crippen molar-refractivity contribution < 1.29 is 28.2 Å². The van der Waals surface area contributed by atoms with Gasteiger partial charge in [0.05, 0.1) is 11.5 Å². The smallest absolute Gasteiger partial charge is 0.338 e. The van der Waals surface area contributed by atoms with Gasteiger partial charge in [-0.05, 0) is 31.4 Å². The van der Waals surface area contributed by atoms with E-state index in [0.717, 1.165) is 16.2 Å². The molecule has 0 unspecified atom stereocenters. The van der Waals surface area contributed by atoms with E-state index in [-0.39, 0.29) is 35.7 Å². The van der Waals surface area contributed by atoms with E-state index in [2.05, 4.69) is 5.32 Å². The normalized spacial score (nSPS) is 19.8. The Morgan fingerprint density at radius 1 is 1.21 bits per heavy atom. The Morgan fingerprint density at radius 2 is 1.88 bits per heavy atom. The third-order valence-corrected chi connectivity index (χ3v) is 8.11. The Morgan fingerprint density at radius 3 is 2.46 bits per heavy atom. The van der Waals surface area contributed by atoms with Crippen molar-refractivity contribution in [2.45, 2.75) is 30.0 Å². The van der Waals surface area contributed by atoms with Crippen molar-refractivity contribution in [3.8, 4) is 0 Å². The number of aliphatic carboxylic acids is 1. The van der Waals surface area contributed by atoms with Gasteiger partial charge in [-0.25, -0.2) is 13.2 Å². The summed E-state index contributed by atoms with van der Waals surface area (Å²) >= 11 is 1.01. The van der Waals surface area contributed by atoms with Crippen molar-refractivity contribution in [3.63, 3.8) is 0 Å². The lowest BCUT2D eigenvalue weighted by Gasteiger charge is -2.29. The lowest BCUT2D eigenvalue weighted by Crippen LogP contribution is -2.40. The topological polar surface area (TPSA) is 124 Å². The molecule has 8 nitrogen and oxygen atoms in total. The predicted molar refractivity (Wildman–Crippen MR) is 85.8 cm³/mol. The van der Waals surface area contributed by atoms with Crippen molar-refractivity contribution in [1.29, 1.82) is 0 Å². The summed E-state index contributed by atoms with van der Waals surface area (Å²) in [6, 6.07) is 0. The largest absolute Gasteiger partial charge is 0.481 e. The van der Waals surface area contributed by atoms with E-state index in [0.29, 0.717) is 25.1 Å². The third-order valence-electron chi connectivity index (χ3n) is 4.49. The number of nitrogens with one attached hydrogen (secondary N) is 1. The van der Waals surface area contributed by atoms with Crippen LogP contribution >= 0.6 is 11.3 Å². The highest BCUT2D eigenvalue weighted by Crippen LogP contribution is 2.37. The molecule has 2 aliphatic rings. The molecule has 3 rings (SSSR count). The fourth-order valence-electron chi connectivity index (χ4n) is 3.17. The summed E-state index contributed by atoms with van der Waals surface area (Å²) in [5.74, 6) is -2.69. The number of piperidine rings is 1. The van der Waals surface area contributed by atoms with Gasteiger partial charge in [-0.3, -0.25) is 4.79 Å². The molecule has 0 spiro atoms. The Balaban J connectivity index is 1.95. The lowest BCUT2D eigenvalue weighted by molar-refractivity contribution is -0.142. The van der Waals surface area contributed by atoms with Gasteiger partial charge in [0.1, 0.15) is 4.21 Å². The number of carbonyl (C=O) groups is 2. The molecule has 0 bridgehead atoms. The average molecular weight is 374 g/mol. The standard InChI is InChI=1S/C14H18N2O6S2/c17-12(18)8-2-5-16(6-3-8)24(21,22)14-11(13(19)20)9-1-4-15-7-10(9)23-14/h8,15H,1-7H2,(H,17,18)(H,19,20). The average Bonchev–Trinajstić information content (AvgIpc) is 2.95. The molecule has 0 amide bonds. The highest BCUT2D eigenvalue weighted by molar-refractivity contribution is 7.91. The molecule has 1 aromatic rings. The number of hydrogen-bond acceptors (Lipinski definition) is 6. The van der Waals surface area contributed by atoms with Crippen LogP contribution in [0.25, 0.3) is 0 Å². The second-order valence-electron chi connectivity index (χ2n) is 5.91. The van der Waals surface area contributed by atoms with E-state index in [4.69, 9.17) is 5.11 Å². The molecule has 0 atom stereocenters. The number of carboxylic acid groups (broad SMARTS) is 2. The van der Waals surface area contributed by atoms with Crippen molar-refractivity contribution in [2.24, 2.45) is 5.92 Å². The molecule has 0 saturated carbocycles. The maximum atomic E-state index is 12.9. The molecular weight excluding hydrogens is 356 g/mol. The number of carboxylic acids is 2. The van der Waals surface area contributed by atoms with Crippen molar-refractivity contribution >= 4 is 33.3 Å². The van der Waals surface area contributed by atoms with E-state index >= 15 is 0 Å². The molecule has 24 heavy (non-hydrogen) atoms. The fourth-order valence-corrected chi connectivity index (χ4v) is 6.64. The van der Waals surface area contributed by atoms with Gasteiger partial charge in [-0.2, -0.15) is 4.31 Å². The molecule has 1 aromatic heterocycles. The van der Waals surface area contributed by atoms with Gasteiger partial charge in [0, 0.05) is 24.5 Å². The highest BCUT2D eigenvalue weighted by atomic mass is 32.2. The van der Waals surface area contributed by atoms with Crippen molar-refractivity contribution in [1.82, 2.24) is 9.62 Å². The number of hydrogen-bond donors (Lipinski definition) is 3. The first-order valence-electron chi connectivity index (χ1n) is 7.64. The number of fused-ring (bicyclic) bond motifs is 1. The van der Waals surface area contributed by atoms with Gasteiger partial charge >= 0.3 is 11.9 Å². The molecule has 0 aliphatic carbocycles. The Bertz CT molecular complexity index is 777. The van der Waals surface area contributed by atoms with Crippen LogP contribution in [-0.4, -0.2) is 54.5 Å². The first-order valence-corrected chi connectivity index (χ1v) is 9.89. The highest BCUT2D eigenvalue weighted by Gasteiger charge is 2.38. The number of sulfonamides is 1. The van der Waals surface area contributed by atoms with Crippen LogP contribution in [0.15, 0.2) is 4.21 Å². The van der Waals surface area contributed by atoms with Crippen LogP contribution in [-0.2, 0) is 27.8 Å². The molecule has 3 N–H and O–H groups in total. The van der Waals surface area contributed by atoms with E-state index in [1.54, 1.807) is 0 Å². The first-order chi connectivity index (χ1) is 11.3. The molecular formula is C14H18N2O6S2. The SMILES string of the molecule is O=C(O)c1c(S(=O)(=O)N2CCC(C(=O)O)CC2)sc2c1CCNC2.